The van der Waals surface area contributed by atoms with Crippen molar-refractivity contribution in [2.75, 3.05) is 34.3 Å². The van der Waals surface area contributed by atoms with Crippen molar-refractivity contribution in [2.45, 2.75) is 12.5 Å². The van der Waals surface area contributed by atoms with Crippen LogP contribution >= 0.6 is 0 Å². The van der Waals surface area contributed by atoms with Gasteiger partial charge in [-0.25, -0.2) is 0 Å². The smallest absolute Gasteiger partial charge is 0.286 e. The highest BCUT2D eigenvalue weighted by atomic mass is 16.5. The molecule has 0 fully saturated rings. The Morgan fingerprint density at radius 1 is 1.15 bits per heavy atom. The highest BCUT2D eigenvalue weighted by molar-refractivity contribution is 5.91. The lowest BCUT2D eigenvalue weighted by Gasteiger charge is -2.25. The number of ether oxygens (including phenoxy) is 1. The fourth-order valence-corrected chi connectivity index (χ4v) is 2.51. The van der Waals surface area contributed by atoms with Gasteiger partial charge in [-0.15, -0.1) is 0 Å². The molecule has 2 aromatic rings. The molecule has 26 heavy (non-hydrogen) atoms. The molecule has 0 aliphatic rings. The van der Waals surface area contributed by atoms with Crippen LogP contribution in [0.1, 0.15) is 28.6 Å². The molecule has 0 bridgehead atoms. The first-order valence-electron chi connectivity index (χ1n) is 8.40. The summed E-state index contributed by atoms with van der Waals surface area (Å²) in [5.41, 5.74) is 1.09. The summed E-state index contributed by atoms with van der Waals surface area (Å²) in [7, 11) is 5.55. The summed E-state index contributed by atoms with van der Waals surface area (Å²) in [5.74, 6) is 0.581. The number of carbonyl (C=O) groups is 2. The predicted molar refractivity (Wildman–Crippen MR) is 98.1 cm³/mol. The van der Waals surface area contributed by atoms with Gasteiger partial charge < -0.3 is 24.7 Å². The van der Waals surface area contributed by atoms with Gasteiger partial charge in [-0.2, -0.15) is 0 Å². The Balaban J connectivity index is 1.78. The first kappa shape index (κ1) is 19.5. The minimum Gasteiger partial charge on any atom is -0.497 e. The van der Waals surface area contributed by atoms with E-state index in [1.54, 1.807) is 19.2 Å². The number of likely N-dealkylation sites (N-methyl/N-ethyl adjacent to an activating group) is 1. The van der Waals surface area contributed by atoms with Crippen LogP contribution in [0.5, 0.6) is 5.75 Å². The molecule has 0 unspecified atom stereocenters. The molecule has 0 spiro atoms. The molecule has 1 aromatic carbocycles. The van der Waals surface area contributed by atoms with Crippen LogP contribution in [0.3, 0.4) is 0 Å². The molecular weight excluding hydrogens is 334 g/mol. The number of methoxy groups -OCH3 is 1. The van der Waals surface area contributed by atoms with Crippen molar-refractivity contribution in [3.63, 3.8) is 0 Å². The van der Waals surface area contributed by atoms with Crippen LogP contribution in [0, 0.1) is 0 Å². The van der Waals surface area contributed by atoms with Crippen molar-refractivity contribution in [1.82, 2.24) is 15.5 Å². The summed E-state index contributed by atoms with van der Waals surface area (Å²) in [6.07, 6.45) is 1.64. The highest BCUT2D eigenvalue weighted by Crippen LogP contribution is 2.20. The monoisotopic (exact) mass is 359 g/mol. The predicted octanol–water partition coefficient (Wildman–Crippen LogP) is 1.83. The van der Waals surface area contributed by atoms with Gasteiger partial charge in [-0.1, -0.05) is 12.1 Å². The third-order valence-electron chi connectivity index (χ3n) is 4.00. The van der Waals surface area contributed by atoms with Crippen LogP contribution in [0.25, 0.3) is 0 Å². The van der Waals surface area contributed by atoms with Crippen LogP contribution in [-0.4, -0.2) is 51.0 Å². The Kier molecular flexibility index (Phi) is 7.23. The Morgan fingerprint density at radius 2 is 1.88 bits per heavy atom. The second-order valence-corrected chi connectivity index (χ2v) is 6.04. The van der Waals surface area contributed by atoms with E-state index in [1.165, 1.54) is 6.26 Å². The van der Waals surface area contributed by atoms with Crippen molar-refractivity contribution >= 4 is 11.8 Å². The molecule has 2 rings (SSSR count). The molecule has 0 aliphatic heterocycles. The summed E-state index contributed by atoms with van der Waals surface area (Å²) in [5, 5.41) is 5.57. The second-order valence-electron chi connectivity index (χ2n) is 6.04. The molecular formula is C19H25N3O4. The molecule has 140 valence electrons. The van der Waals surface area contributed by atoms with Gasteiger partial charge in [0.2, 0.25) is 5.91 Å². The zero-order valence-electron chi connectivity index (χ0n) is 15.3. The van der Waals surface area contributed by atoms with E-state index >= 15 is 0 Å². The van der Waals surface area contributed by atoms with Crippen molar-refractivity contribution in [2.24, 2.45) is 0 Å². The van der Waals surface area contributed by atoms with E-state index in [0.717, 1.165) is 11.3 Å². The van der Waals surface area contributed by atoms with E-state index in [9.17, 15) is 9.59 Å². The van der Waals surface area contributed by atoms with E-state index in [1.807, 2.05) is 43.3 Å². The van der Waals surface area contributed by atoms with Crippen LogP contribution < -0.4 is 15.4 Å². The maximum absolute atomic E-state index is 12.0. The summed E-state index contributed by atoms with van der Waals surface area (Å²) in [4.78, 5) is 25.8. The van der Waals surface area contributed by atoms with Gasteiger partial charge in [0.15, 0.2) is 5.76 Å². The SMILES string of the molecule is COc1ccc([C@H](CNC(=O)CCNC(=O)c2ccco2)N(C)C)cc1. The molecule has 7 heteroatoms. The fraction of sp³-hybridized carbons (Fsp3) is 0.368. The number of furan rings is 1. The topological polar surface area (TPSA) is 83.8 Å². The molecule has 1 aromatic heterocycles. The molecule has 0 saturated carbocycles. The Labute approximate surface area is 153 Å². The molecule has 2 N–H and O–H groups in total. The van der Waals surface area contributed by atoms with E-state index in [0.29, 0.717) is 6.54 Å². The van der Waals surface area contributed by atoms with E-state index < -0.39 is 0 Å². The zero-order valence-corrected chi connectivity index (χ0v) is 15.3. The average Bonchev–Trinajstić information content (AvgIpc) is 3.17. The number of amides is 2. The van der Waals surface area contributed by atoms with Gasteiger partial charge >= 0.3 is 0 Å². The number of rotatable bonds is 9. The maximum Gasteiger partial charge on any atom is 0.286 e. The van der Waals surface area contributed by atoms with Crippen molar-refractivity contribution in [3.05, 3.63) is 54.0 Å². The Hall–Kier alpha value is -2.80. The lowest BCUT2D eigenvalue weighted by Crippen LogP contribution is -2.36. The fourth-order valence-electron chi connectivity index (χ4n) is 2.51. The van der Waals surface area contributed by atoms with E-state index in [2.05, 4.69) is 10.6 Å². The summed E-state index contributed by atoms with van der Waals surface area (Å²) in [6.45, 7) is 0.727. The number of nitrogens with zero attached hydrogens (tertiary/aromatic N) is 1. The van der Waals surface area contributed by atoms with Crippen LogP contribution in [0.15, 0.2) is 47.1 Å². The van der Waals surface area contributed by atoms with Gasteiger partial charge in [0.25, 0.3) is 5.91 Å². The molecule has 7 nitrogen and oxygen atoms in total. The summed E-state index contributed by atoms with van der Waals surface area (Å²) in [6, 6.07) is 11.0. The zero-order chi connectivity index (χ0) is 18.9. The van der Waals surface area contributed by atoms with E-state index in [4.69, 9.17) is 9.15 Å². The minimum absolute atomic E-state index is 0.0440. The standard InChI is InChI=1S/C19H25N3O4/c1-22(2)16(14-6-8-15(25-3)9-7-14)13-21-18(23)10-11-20-19(24)17-5-4-12-26-17/h4-9,12,16H,10-11,13H2,1-3H3,(H,20,24)(H,21,23)/t16-/m0/s1. The number of carbonyl (C=O) groups excluding carboxylic acids is 2. The Bertz CT molecular complexity index is 696. The van der Waals surface area contributed by atoms with Crippen LogP contribution in [-0.2, 0) is 4.79 Å². The molecule has 1 heterocycles. The third kappa shape index (κ3) is 5.63. The molecule has 0 saturated heterocycles. The summed E-state index contributed by atoms with van der Waals surface area (Å²) < 4.78 is 10.2. The van der Waals surface area contributed by atoms with Gasteiger partial charge in [0.1, 0.15) is 5.75 Å². The number of nitrogens with one attached hydrogen (secondary N) is 2. The van der Waals surface area contributed by atoms with E-state index in [-0.39, 0.29) is 36.6 Å². The summed E-state index contributed by atoms with van der Waals surface area (Å²) >= 11 is 0. The largest absolute Gasteiger partial charge is 0.497 e. The minimum atomic E-state index is -0.327. The first-order chi connectivity index (χ1) is 12.5. The van der Waals surface area contributed by atoms with Gasteiger partial charge in [-0.3, -0.25) is 9.59 Å². The van der Waals surface area contributed by atoms with Crippen molar-refractivity contribution in [3.8, 4) is 5.75 Å². The average molecular weight is 359 g/mol. The molecule has 2 amide bonds. The second kappa shape index (κ2) is 9.62. The molecule has 0 radical (unpaired) electrons. The molecule has 0 aliphatic carbocycles. The quantitative estimate of drug-likeness (QED) is 0.714. The van der Waals surface area contributed by atoms with Gasteiger partial charge in [0, 0.05) is 19.5 Å². The van der Waals surface area contributed by atoms with Crippen LogP contribution in [0.2, 0.25) is 0 Å². The first-order valence-corrected chi connectivity index (χ1v) is 8.40. The highest BCUT2D eigenvalue weighted by Gasteiger charge is 2.15. The lowest BCUT2D eigenvalue weighted by atomic mass is 10.1. The van der Waals surface area contributed by atoms with Gasteiger partial charge in [-0.05, 0) is 43.9 Å². The number of benzene rings is 1. The van der Waals surface area contributed by atoms with Crippen LogP contribution in [0.4, 0.5) is 0 Å². The van der Waals surface area contributed by atoms with Crippen molar-refractivity contribution in [1.29, 1.82) is 0 Å². The van der Waals surface area contributed by atoms with Crippen molar-refractivity contribution < 1.29 is 18.7 Å². The maximum atomic E-state index is 12.0. The third-order valence-corrected chi connectivity index (χ3v) is 4.00. The Morgan fingerprint density at radius 3 is 2.46 bits per heavy atom. The normalized spacial score (nSPS) is 11.8. The molecule has 1 atom stereocenters. The van der Waals surface area contributed by atoms with Gasteiger partial charge in [0.05, 0.1) is 19.4 Å². The number of hydrogen-bond donors (Lipinski definition) is 2. The lowest BCUT2D eigenvalue weighted by molar-refractivity contribution is -0.121. The number of hydrogen-bond acceptors (Lipinski definition) is 5.